The van der Waals surface area contributed by atoms with Crippen molar-refractivity contribution in [1.29, 1.82) is 0 Å². The van der Waals surface area contributed by atoms with Gasteiger partial charge in [0.1, 0.15) is 0 Å². The SMILES string of the molecule is COCCNC(=O)Nc1ccc(C)cc1C(=O)O. The molecule has 0 saturated carbocycles. The first-order chi connectivity index (χ1) is 8.54. The molecule has 0 aromatic heterocycles. The Balaban J connectivity index is 2.72. The topological polar surface area (TPSA) is 87.7 Å². The number of methoxy groups -OCH3 is 1. The highest BCUT2D eigenvalue weighted by molar-refractivity contribution is 6.00. The van der Waals surface area contributed by atoms with E-state index in [1.807, 2.05) is 0 Å². The second-order valence-electron chi connectivity index (χ2n) is 3.73. The van der Waals surface area contributed by atoms with Gasteiger partial charge in [-0.2, -0.15) is 0 Å². The number of aryl methyl sites for hydroxylation is 1. The van der Waals surface area contributed by atoms with E-state index < -0.39 is 12.0 Å². The zero-order chi connectivity index (χ0) is 13.5. The van der Waals surface area contributed by atoms with E-state index in [2.05, 4.69) is 10.6 Å². The van der Waals surface area contributed by atoms with E-state index in [0.717, 1.165) is 5.56 Å². The molecule has 0 unspecified atom stereocenters. The number of hydrogen-bond acceptors (Lipinski definition) is 3. The lowest BCUT2D eigenvalue weighted by atomic mass is 10.1. The van der Waals surface area contributed by atoms with Crippen molar-refractivity contribution in [2.45, 2.75) is 6.92 Å². The third-order valence-corrected chi connectivity index (χ3v) is 2.25. The number of urea groups is 1. The van der Waals surface area contributed by atoms with E-state index in [1.165, 1.54) is 13.2 Å². The predicted molar refractivity (Wildman–Crippen MR) is 67.0 cm³/mol. The summed E-state index contributed by atoms with van der Waals surface area (Å²) in [5, 5.41) is 14.1. The third kappa shape index (κ3) is 4.06. The summed E-state index contributed by atoms with van der Waals surface area (Å²) in [4.78, 5) is 22.5. The standard InChI is InChI=1S/C12H16N2O4/c1-8-3-4-10(9(7-8)11(15)16)14-12(17)13-5-6-18-2/h3-4,7H,5-6H2,1-2H3,(H,15,16)(H2,13,14,17). The maximum Gasteiger partial charge on any atom is 0.337 e. The van der Waals surface area contributed by atoms with Crippen molar-refractivity contribution in [3.05, 3.63) is 29.3 Å². The van der Waals surface area contributed by atoms with Crippen LogP contribution in [-0.4, -0.2) is 37.4 Å². The lowest BCUT2D eigenvalue weighted by Gasteiger charge is -2.10. The summed E-state index contributed by atoms with van der Waals surface area (Å²) in [7, 11) is 1.53. The van der Waals surface area contributed by atoms with Gasteiger partial charge in [0.25, 0.3) is 0 Å². The second kappa shape index (κ2) is 6.61. The number of amides is 2. The number of anilines is 1. The maximum absolute atomic E-state index is 11.5. The van der Waals surface area contributed by atoms with Crippen molar-refractivity contribution in [2.75, 3.05) is 25.6 Å². The van der Waals surface area contributed by atoms with Gasteiger partial charge in [0.2, 0.25) is 0 Å². The molecular weight excluding hydrogens is 236 g/mol. The van der Waals surface area contributed by atoms with E-state index >= 15 is 0 Å². The van der Waals surface area contributed by atoms with Crippen LogP contribution in [0.1, 0.15) is 15.9 Å². The Labute approximate surface area is 105 Å². The molecule has 18 heavy (non-hydrogen) atoms. The molecule has 1 rings (SSSR count). The lowest BCUT2D eigenvalue weighted by Crippen LogP contribution is -2.31. The number of benzene rings is 1. The molecule has 0 aliphatic heterocycles. The van der Waals surface area contributed by atoms with Gasteiger partial charge in [0, 0.05) is 13.7 Å². The molecule has 98 valence electrons. The minimum Gasteiger partial charge on any atom is -0.478 e. The zero-order valence-electron chi connectivity index (χ0n) is 10.3. The van der Waals surface area contributed by atoms with Crippen LogP contribution in [0.2, 0.25) is 0 Å². The van der Waals surface area contributed by atoms with Crippen molar-refractivity contribution in [1.82, 2.24) is 5.32 Å². The molecule has 6 heteroatoms. The number of carbonyl (C=O) groups excluding carboxylic acids is 1. The fourth-order valence-electron chi connectivity index (χ4n) is 1.38. The molecule has 0 spiro atoms. The summed E-state index contributed by atoms with van der Waals surface area (Å²) in [6.07, 6.45) is 0. The van der Waals surface area contributed by atoms with Gasteiger partial charge < -0.3 is 20.5 Å². The van der Waals surface area contributed by atoms with Crippen LogP contribution >= 0.6 is 0 Å². The average Bonchev–Trinajstić information content (AvgIpc) is 2.31. The zero-order valence-corrected chi connectivity index (χ0v) is 10.3. The smallest absolute Gasteiger partial charge is 0.337 e. The molecule has 0 saturated heterocycles. The predicted octanol–water partition coefficient (Wildman–Crippen LogP) is 1.46. The summed E-state index contributed by atoms with van der Waals surface area (Å²) in [5.41, 5.74) is 1.15. The Morgan fingerprint density at radius 3 is 2.72 bits per heavy atom. The van der Waals surface area contributed by atoms with Crippen LogP contribution in [-0.2, 0) is 4.74 Å². The van der Waals surface area contributed by atoms with Crippen molar-refractivity contribution in [3.8, 4) is 0 Å². The van der Waals surface area contributed by atoms with E-state index in [1.54, 1.807) is 19.1 Å². The number of rotatable bonds is 5. The highest BCUT2D eigenvalue weighted by Crippen LogP contribution is 2.17. The van der Waals surface area contributed by atoms with Crippen LogP contribution in [0.15, 0.2) is 18.2 Å². The molecule has 1 aromatic rings. The quantitative estimate of drug-likeness (QED) is 0.692. The maximum atomic E-state index is 11.5. The normalized spacial score (nSPS) is 9.89. The van der Waals surface area contributed by atoms with Crippen molar-refractivity contribution < 1.29 is 19.4 Å². The Morgan fingerprint density at radius 1 is 1.39 bits per heavy atom. The van der Waals surface area contributed by atoms with Crippen LogP contribution < -0.4 is 10.6 Å². The molecule has 1 aromatic carbocycles. The van der Waals surface area contributed by atoms with E-state index in [9.17, 15) is 9.59 Å². The monoisotopic (exact) mass is 252 g/mol. The molecule has 0 bridgehead atoms. The first-order valence-electron chi connectivity index (χ1n) is 5.42. The van der Waals surface area contributed by atoms with Crippen molar-refractivity contribution in [2.24, 2.45) is 0 Å². The molecule has 0 heterocycles. The summed E-state index contributed by atoms with van der Waals surface area (Å²) >= 11 is 0. The number of carbonyl (C=O) groups is 2. The molecule has 0 radical (unpaired) electrons. The van der Waals surface area contributed by atoms with Crippen molar-refractivity contribution >= 4 is 17.7 Å². The van der Waals surface area contributed by atoms with Gasteiger partial charge in [-0.3, -0.25) is 0 Å². The summed E-state index contributed by atoms with van der Waals surface area (Å²) < 4.78 is 4.78. The highest BCUT2D eigenvalue weighted by Gasteiger charge is 2.12. The Morgan fingerprint density at radius 2 is 2.11 bits per heavy atom. The number of carboxylic acid groups (broad SMARTS) is 1. The Bertz CT molecular complexity index is 446. The van der Waals surface area contributed by atoms with E-state index in [4.69, 9.17) is 9.84 Å². The summed E-state index contributed by atoms with van der Waals surface area (Å²) in [6, 6.07) is 4.34. The molecule has 0 atom stereocenters. The summed E-state index contributed by atoms with van der Waals surface area (Å²) in [6.45, 7) is 2.54. The number of aromatic carboxylic acids is 1. The van der Waals surface area contributed by atoms with Gasteiger partial charge in [0.15, 0.2) is 0 Å². The third-order valence-electron chi connectivity index (χ3n) is 2.25. The molecule has 3 N–H and O–H groups in total. The molecular formula is C12H16N2O4. The molecule has 0 aliphatic carbocycles. The van der Waals surface area contributed by atoms with Gasteiger partial charge in [-0.15, -0.1) is 0 Å². The van der Waals surface area contributed by atoms with Gasteiger partial charge in [-0.25, -0.2) is 9.59 Å². The van der Waals surface area contributed by atoms with Gasteiger partial charge in [-0.1, -0.05) is 11.6 Å². The van der Waals surface area contributed by atoms with E-state index in [-0.39, 0.29) is 11.3 Å². The van der Waals surface area contributed by atoms with Crippen LogP contribution in [0.25, 0.3) is 0 Å². The Hall–Kier alpha value is -2.08. The molecule has 0 fully saturated rings. The average molecular weight is 252 g/mol. The number of hydrogen-bond donors (Lipinski definition) is 3. The fraction of sp³-hybridized carbons (Fsp3) is 0.333. The molecule has 6 nitrogen and oxygen atoms in total. The van der Waals surface area contributed by atoms with Crippen LogP contribution in [0.4, 0.5) is 10.5 Å². The first kappa shape index (κ1) is 14.0. The number of ether oxygens (including phenoxy) is 1. The minimum absolute atomic E-state index is 0.0666. The number of carboxylic acids is 1. The van der Waals surface area contributed by atoms with Gasteiger partial charge in [0.05, 0.1) is 17.9 Å². The van der Waals surface area contributed by atoms with Crippen molar-refractivity contribution in [3.63, 3.8) is 0 Å². The van der Waals surface area contributed by atoms with Gasteiger partial charge in [-0.05, 0) is 19.1 Å². The largest absolute Gasteiger partial charge is 0.478 e. The van der Waals surface area contributed by atoms with Crippen LogP contribution in [0.3, 0.4) is 0 Å². The minimum atomic E-state index is -1.08. The lowest BCUT2D eigenvalue weighted by molar-refractivity contribution is 0.0698. The molecule has 2 amide bonds. The summed E-state index contributed by atoms with van der Waals surface area (Å²) in [5.74, 6) is -1.08. The van der Waals surface area contributed by atoms with Crippen LogP contribution in [0.5, 0.6) is 0 Å². The fourth-order valence-corrected chi connectivity index (χ4v) is 1.38. The molecule has 0 aliphatic rings. The number of nitrogens with one attached hydrogen (secondary N) is 2. The van der Waals surface area contributed by atoms with Crippen LogP contribution in [0, 0.1) is 6.92 Å². The first-order valence-corrected chi connectivity index (χ1v) is 5.42. The van der Waals surface area contributed by atoms with Gasteiger partial charge >= 0.3 is 12.0 Å². The highest BCUT2D eigenvalue weighted by atomic mass is 16.5. The Kier molecular flexibility index (Phi) is 5.13. The van der Waals surface area contributed by atoms with E-state index in [0.29, 0.717) is 13.2 Å². The second-order valence-corrected chi connectivity index (χ2v) is 3.73.